The number of carbonyl (C=O) groups is 1. The number of carboxylic acids is 1. The number of benzene rings is 2. The maximum absolute atomic E-state index is 11.3. The molecule has 0 aliphatic carbocycles. The highest BCUT2D eigenvalue weighted by Crippen LogP contribution is 2.27. The number of rotatable bonds is 6. The van der Waals surface area contributed by atoms with Gasteiger partial charge in [0.25, 0.3) is 0 Å². The largest absolute Gasteiger partial charge is 0.488 e. The van der Waals surface area contributed by atoms with Gasteiger partial charge in [0, 0.05) is 13.1 Å². The second kappa shape index (κ2) is 8.57. The van der Waals surface area contributed by atoms with Gasteiger partial charge in [0.15, 0.2) is 0 Å². The summed E-state index contributed by atoms with van der Waals surface area (Å²) < 4.78 is 6.11. The monoisotopic (exact) mass is 367 g/mol. The Kier molecular flexibility index (Phi) is 6.17. The highest BCUT2D eigenvalue weighted by atomic mass is 16.5. The van der Waals surface area contributed by atoms with Crippen molar-refractivity contribution in [2.75, 3.05) is 13.1 Å². The lowest BCUT2D eigenvalue weighted by Gasteiger charge is -2.30. The maximum atomic E-state index is 11.3. The molecule has 1 aliphatic heterocycles. The second-order valence-corrected chi connectivity index (χ2v) is 7.75. The van der Waals surface area contributed by atoms with Crippen LogP contribution in [0.25, 0.3) is 0 Å². The van der Waals surface area contributed by atoms with Gasteiger partial charge in [-0.25, -0.2) is 0 Å². The van der Waals surface area contributed by atoms with E-state index in [9.17, 15) is 9.90 Å². The van der Waals surface area contributed by atoms with E-state index < -0.39 is 5.97 Å². The van der Waals surface area contributed by atoms with Gasteiger partial charge >= 0.3 is 5.97 Å². The Morgan fingerprint density at radius 2 is 1.89 bits per heavy atom. The van der Waals surface area contributed by atoms with Crippen LogP contribution in [0.3, 0.4) is 0 Å². The lowest BCUT2D eigenvalue weighted by atomic mass is 9.97. The highest BCUT2D eigenvalue weighted by molar-refractivity contribution is 5.70. The molecule has 144 valence electrons. The van der Waals surface area contributed by atoms with Gasteiger partial charge in [-0.3, -0.25) is 9.69 Å². The summed E-state index contributed by atoms with van der Waals surface area (Å²) >= 11 is 0. The molecule has 0 aromatic heterocycles. The molecule has 2 aromatic rings. The van der Waals surface area contributed by atoms with Crippen molar-refractivity contribution in [1.29, 1.82) is 0 Å². The first-order valence-electron chi connectivity index (χ1n) is 9.66. The zero-order chi connectivity index (χ0) is 19.4. The molecule has 1 fully saturated rings. The molecule has 0 saturated carbocycles. The van der Waals surface area contributed by atoms with Crippen molar-refractivity contribution in [2.45, 2.75) is 46.8 Å². The van der Waals surface area contributed by atoms with Crippen molar-refractivity contribution in [3.63, 3.8) is 0 Å². The molecule has 1 N–H and O–H groups in total. The summed E-state index contributed by atoms with van der Waals surface area (Å²) in [7, 11) is 0. The van der Waals surface area contributed by atoms with Crippen LogP contribution in [0.2, 0.25) is 0 Å². The van der Waals surface area contributed by atoms with E-state index in [1.165, 1.54) is 16.7 Å². The van der Waals surface area contributed by atoms with Crippen molar-refractivity contribution >= 4 is 5.97 Å². The summed E-state index contributed by atoms with van der Waals surface area (Å²) in [5.74, 6) is 0.0344. The lowest BCUT2D eigenvalue weighted by Crippen LogP contribution is -2.38. The zero-order valence-corrected chi connectivity index (χ0v) is 16.5. The van der Waals surface area contributed by atoms with Gasteiger partial charge in [-0.15, -0.1) is 0 Å². The summed E-state index contributed by atoms with van der Waals surface area (Å²) in [4.78, 5) is 13.5. The van der Waals surface area contributed by atoms with Gasteiger partial charge in [-0.2, -0.15) is 0 Å². The smallest absolute Gasteiger partial charge is 0.307 e. The van der Waals surface area contributed by atoms with E-state index in [-0.39, 0.29) is 5.92 Å². The third kappa shape index (κ3) is 5.10. The number of piperidine rings is 1. The summed E-state index contributed by atoms with van der Waals surface area (Å²) in [5.41, 5.74) is 5.89. The van der Waals surface area contributed by atoms with Crippen molar-refractivity contribution < 1.29 is 14.6 Å². The molecule has 1 aliphatic rings. The molecule has 0 bridgehead atoms. The average Bonchev–Trinajstić information content (AvgIpc) is 2.61. The van der Waals surface area contributed by atoms with Gasteiger partial charge < -0.3 is 9.84 Å². The van der Waals surface area contributed by atoms with Crippen LogP contribution in [-0.2, 0) is 17.9 Å². The number of nitrogens with zero attached hydrogens (tertiary/aromatic N) is 1. The highest BCUT2D eigenvalue weighted by Gasteiger charge is 2.25. The minimum absolute atomic E-state index is 0.238. The fourth-order valence-electron chi connectivity index (χ4n) is 3.98. The molecule has 1 unspecified atom stereocenters. The Bertz CT molecular complexity index is 792. The van der Waals surface area contributed by atoms with Gasteiger partial charge in [-0.05, 0) is 62.4 Å². The van der Waals surface area contributed by atoms with Crippen LogP contribution in [0.5, 0.6) is 5.75 Å². The number of aliphatic carboxylic acids is 1. The van der Waals surface area contributed by atoms with E-state index in [4.69, 9.17) is 4.74 Å². The molecule has 1 saturated heterocycles. The maximum Gasteiger partial charge on any atom is 0.307 e. The third-order valence-electron chi connectivity index (χ3n) is 5.25. The Balaban J connectivity index is 1.66. The van der Waals surface area contributed by atoms with Crippen molar-refractivity contribution in [1.82, 2.24) is 4.90 Å². The minimum Gasteiger partial charge on any atom is -0.488 e. The topological polar surface area (TPSA) is 49.8 Å². The van der Waals surface area contributed by atoms with Crippen LogP contribution in [0.15, 0.2) is 36.4 Å². The standard InChI is InChI=1S/C23H29NO3/c1-16-6-4-7-19(10-16)15-27-22-17(2)11-20(12-18(22)3)13-24-9-5-8-21(14-24)23(25)26/h4,6-7,10-12,21H,5,8-9,13-15H2,1-3H3,(H,25,26). The molecule has 4 nitrogen and oxygen atoms in total. The molecule has 3 rings (SSSR count). The van der Waals surface area contributed by atoms with Crippen LogP contribution in [0, 0.1) is 26.7 Å². The number of aryl methyl sites for hydroxylation is 3. The van der Waals surface area contributed by atoms with Crippen LogP contribution in [0.1, 0.15) is 40.7 Å². The molecule has 0 spiro atoms. The first kappa shape index (κ1) is 19.4. The fraction of sp³-hybridized carbons (Fsp3) is 0.435. The van der Waals surface area contributed by atoms with Crippen LogP contribution >= 0.6 is 0 Å². The zero-order valence-electron chi connectivity index (χ0n) is 16.5. The first-order valence-corrected chi connectivity index (χ1v) is 9.66. The van der Waals surface area contributed by atoms with E-state index in [0.29, 0.717) is 13.2 Å². The number of likely N-dealkylation sites (tertiary alicyclic amines) is 1. The number of hydrogen-bond acceptors (Lipinski definition) is 3. The molecule has 1 heterocycles. The molecule has 4 heteroatoms. The van der Waals surface area contributed by atoms with E-state index in [1.54, 1.807) is 0 Å². The molecular formula is C23H29NO3. The van der Waals surface area contributed by atoms with Crippen molar-refractivity contribution in [3.05, 3.63) is 64.2 Å². The Hall–Kier alpha value is -2.33. The van der Waals surface area contributed by atoms with Gasteiger partial charge in [0.2, 0.25) is 0 Å². The normalized spacial score (nSPS) is 17.7. The quantitative estimate of drug-likeness (QED) is 0.817. The Morgan fingerprint density at radius 1 is 1.15 bits per heavy atom. The molecule has 2 aromatic carbocycles. The van der Waals surface area contributed by atoms with Gasteiger partial charge in [0.1, 0.15) is 12.4 Å². The van der Waals surface area contributed by atoms with Crippen molar-refractivity contribution in [3.8, 4) is 5.75 Å². The minimum atomic E-state index is -0.674. The summed E-state index contributed by atoms with van der Waals surface area (Å²) in [6.45, 7) is 9.21. The van der Waals surface area contributed by atoms with E-state index in [2.05, 4.69) is 62.1 Å². The summed E-state index contributed by atoms with van der Waals surface area (Å²) in [6, 6.07) is 12.7. The Labute approximate surface area is 161 Å². The predicted molar refractivity (Wildman–Crippen MR) is 107 cm³/mol. The molecule has 1 atom stereocenters. The Morgan fingerprint density at radius 3 is 2.56 bits per heavy atom. The average molecular weight is 367 g/mol. The van der Waals surface area contributed by atoms with E-state index >= 15 is 0 Å². The fourth-order valence-corrected chi connectivity index (χ4v) is 3.98. The van der Waals surface area contributed by atoms with Gasteiger partial charge in [-0.1, -0.05) is 42.0 Å². The molecule has 0 amide bonds. The van der Waals surface area contributed by atoms with E-state index in [0.717, 1.165) is 42.8 Å². The predicted octanol–water partition coefficient (Wildman–Crippen LogP) is 4.49. The van der Waals surface area contributed by atoms with E-state index in [1.807, 2.05) is 0 Å². The lowest BCUT2D eigenvalue weighted by molar-refractivity contribution is -0.143. The van der Waals surface area contributed by atoms with Crippen molar-refractivity contribution in [2.24, 2.45) is 5.92 Å². The summed E-state index contributed by atoms with van der Waals surface area (Å²) in [5, 5.41) is 9.27. The number of ether oxygens (including phenoxy) is 1. The first-order chi connectivity index (χ1) is 12.9. The van der Waals surface area contributed by atoms with Crippen LogP contribution in [-0.4, -0.2) is 29.1 Å². The SMILES string of the molecule is Cc1cccc(COc2c(C)cc(CN3CCCC(C(=O)O)C3)cc2C)c1. The van der Waals surface area contributed by atoms with Crippen LogP contribution in [0.4, 0.5) is 0 Å². The summed E-state index contributed by atoms with van der Waals surface area (Å²) in [6.07, 6.45) is 1.74. The molecular weight excluding hydrogens is 338 g/mol. The third-order valence-corrected chi connectivity index (χ3v) is 5.25. The number of carboxylic acid groups (broad SMARTS) is 1. The van der Waals surface area contributed by atoms with Gasteiger partial charge in [0.05, 0.1) is 5.92 Å². The number of hydrogen-bond donors (Lipinski definition) is 1. The van der Waals surface area contributed by atoms with Crippen LogP contribution < -0.4 is 4.74 Å². The molecule has 0 radical (unpaired) electrons. The second-order valence-electron chi connectivity index (χ2n) is 7.75. The molecule has 27 heavy (non-hydrogen) atoms.